The van der Waals surface area contributed by atoms with Crippen LogP contribution < -0.4 is 0 Å². The number of methoxy groups -OCH3 is 1. The van der Waals surface area contributed by atoms with Crippen molar-refractivity contribution in [3.8, 4) is 11.4 Å². The summed E-state index contributed by atoms with van der Waals surface area (Å²) in [5.41, 5.74) is -1.84. The zero-order valence-corrected chi connectivity index (χ0v) is 13.9. The number of aromatic nitrogens is 2. The zero-order chi connectivity index (χ0) is 19.0. The molecule has 0 spiro atoms. The van der Waals surface area contributed by atoms with Gasteiger partial charge in [0.15, 0.2) is 0 Å². The summed E-state index contributed by atoms with van der Waals surface area (Å²) in [4.78, 5) is 27.0. The van der Waals surface area contributed by atoms with Crippen molar-refractivity contribution in [2.24, 2.45) is 0 Å². The number of likely N-dealkylation sites (tertiary alicyclic amines) is 1. The fraction of sp³-hybridized carbons (Fsp3) is 0.400. The number of nitrogens with zero attached hydrogens (tertiary/aromatic N) is 4. The lowest BCUT2D eigenvalue weighted by Gasteiger charge is -2.12. The normalized spacial score (nSPS) is 16.8. The summed E-state index contributed by atoms with van der Waals surface area (Å²) in [6.45, 7) is 1.81. The molecule has 26 heavy (non-hydrogen) atoms. The van der Waals surface area contributed by atoms with E-state index in [2.05, 4.69) is 14.9 Å². The third-order valence-corrected chi connectivity index (χ3v) is 4.26. The smallest absolute Gasteiger partial charge is 0.409 e. The predicted octanol–water partition coefficient (Wildman–Crippen LogP) is 2.79. The Bertz CT molecular complexity index is 885. The van der Waals surface area contributed by atoms with Crippen molar-refractivity contribution < 1.29 is 27.8 Å². The van der Waals surface area contributed by atoms with Gasteiger partial charge in [-0.15, -0.1) is 0 Å². The summed E-state index contributed by atoms with van der Waals surface area (Å²) in [7, 11) is 1.27. The molecule has 1 saturated heterocycles. The molecule has 3 rings (SSSR count). The van der Waals surface area contributed by atoms with Crippen molar-refractivity contribution in [3.63, 3.8) is 0 Å². The highest BCUT2D eigenvalue weighted by molar-refractivity contribution is 5.68. The average molecular weight is 368 g/mol. The number of hydrogen-bond acceptors (Lipinski definition) is 7. The highest BCUT2D eigenvalue weighted by atomic mass is 19.1. The first-order chi connectivity index (χ1) is 12.3. The largest absolute Gasteiger partial charge is 0.453 e. The minimum absolute atomic E-state index is 0.134. The summed E-state index contributed by atoms with van der Waals surface area (Å²) in [6, 6.07) is 0.793. The molecule has 1 atom stereocenters. The highest BCUT2D eigenvalue weighted by Gasteiger charge is 2.33. The molecule has 0 saturated carbocycles. The summed E-state index contributed by atoms with van der Waals surface area (Å²) >= 11 is 0. The van der Waals surface area contributed by atoms with E-state index >= 15 is 0 Å². The first kappa shape index (κ1) is 17.7. The molecule has 1 aromatic carbocycles. The molecule has 1 fully saturated rings. The number of nitro groups is 1. The van der Waals surface area contributed by atoms with Gasteiger partial charge in [-0.05, 0) is 19.4 Å². The number of nitro benzene ring substituents is 1. The van der Waals surface area contributed by atoms with Crippen LogP contribution in [0.25, 0.3) is 11.4 Å². The van der Waals surface area contributed by atoms with E-state index in [4.69, 9.17) is 4.52 Å². The number of benzene rings is 1. The number of ether oxygens (including phenoxy) is 1. The molecule has 0 radical (unpaired) electrons. The lowest BCUT2D eigenvalue weighted by molar-refractivity contribution is -0.388. The van der Waals surface area contributed by atoms with Gasteiger partial charge in [0, 0.05) is 13.1 Å². The minimum atomic E-state index is -1.23. The molecule has 1 aromatic heterocycles. The van der Waals surface area contributed by atoms with Crippen molar-refractivity contribution >= 4 is 11.8 Å². The standard InChI is InChI=1S/C15H14F2N4O5/c1-7-10(16)5-9(11(17)12(7)21(23)24)13-18-14(26-19-13)8-3-4-20(6-8)15(22)25-2/h5,8H,3-4,6H2,1-2H3/t8-/m1/s1. The van der Waals surface area contributed by atoms with E-state index in [0.29, 0.717) is 13.0 Å². The Morgan fingerprint density at radius 3 is 2.88 bits per heavy atom. The van der Waals surface area contributed by atoms with E-state index in [9.17, 15) is 23.7 Å². The fourth-order valence-electron chi connectivity index (χ4n) is 2.85. The maximum Gasteiger partial charge on any atom is 0.409 e. The molecule has 0 N–H and O–H groups in total. The summed E-state index contributed by atoms with van der Waals surface area (Å²) < 4.78 is 38.1. The van der Waals surface area contributed by atoms with Gasteiger partial charge in [0.05, 0.1) is 29.1 Å². The monoisotopic (exact) mass is 368 g/mol. The van der Waals surface area contributed by atoms with Gasteiger partial charge < -0.3 is 14.2 Å². The molecular formula is C15H14F2N4O5. The van der Waals surface area contributed by atoms with Crippen LogP contribution in [0.1, 0.15) is 23.8 Å². The Hall–Kier alpha value is -3.11. The molecule has 1 aliphatic heterocycles. The topological polar surface area (TPSA) is 112 Å². The Kier molecular flexibility index (Phi) is 4.53. The van der Waals surface area contributed by atoms with Crippen LogP contribution in [0.5, 0.6) is 0 Å². The minimum Gasteiger partial charge on any atom is -0.453 e. The van der Waals surface area contributed by atoms with Crippen molar-refractivity contribution in [2.45, 2.75) is 19.3 Å². The summed E-state index contributed by atoms with van der Waals surface area (Å²) in [5.74, 6) is -2.63. The molecule has 2 aromatic rings. The van der Waals surface area contributed by atoms with Crippen LogP contribution in [0.2, 0.25) is 0 Å². The summed E-state index contributed by atoms with van der Waals surface area (Å²) in [6.07, 6.45) is 0.0382. The zero-order valence-electron chi connectivity index (χ0n) is 13.9. The van der Waals surface area contributed by atoms with Gasteiger partial charge in [0.1, 0.15) is 5.82 Å². The Labute approximate surface area is 145 Å². The van der Waals surface area contributed by atoms with E-state index in [1.165, 1.54) is 12.0 Å². The van der Waals surface area contributed by atoms with Crippen molar-refractivity contribution in [2.75, 3.05) is 20.2 Å². The van der Waals surface area contributed by atoms with Gasteiger partial charge in [0.25, 0.3) is 0 Å². The van der Waals surface area contributed by atoms with Crippen LogP contribution in [-0.4, -0.2) is 46.3 Å². The SMILES string of the molecule is COC(=O)N1CC[C@@H](c2nc(-c3cc(F)c(C)c([N+](=O)[O-])c3F)no2)C1. The van der Waals surface area contributed by atoms with Crippen LogP contribution >= 0.6 is 0 Å². The molecule has 0 bridgehead atoms. The van der Waals surface area contributed by atoms with Gasteiger partial charge in [-0.3, -0.25) is 10.1 Å². The van der Waals surface area contributed by atoms with Crippen molar-refractivity contribution in [1.82, 2.24) is 15.0 Å². The molecule has 1 aliphatic rings. The van der Waals surface area contributed by atoms with Gasteiger partial charge in [-0.2, -0.15) is 9.37 Å². The molecule has 0 aliphatic carbocycles. The quantitative estimate of drug-likeness (QED) is 0.605. The molecule has 0 unspecified atom stereocenters. The molecule has 2 heterocycles. The van der Waals surface area contributed by atoms with E-state index in [-0.39, 0.29) is 24.2 Å². The third kappa shape index (κ3) is 2.95. The first-order valence-electron chi connectivity index (χ1n) is 7.63. The molecule has 9 nitrogen and oxygen atoms in total. The van der Waals surface area contributed by atoms with Crippen LogP contribution in [0.3, 0.4) is 0 Å². The van der Waals surface area contributed by atoms with Gasteiger partial charge in [0.2, 0.25) is 17.5 Å². The lowest BCUT2D eigenvalue weighted by atomic mass is 10.1. The van der Waals surface area contributed by atoms with Crippen LogP contribution in [0.15, 0.2) is 10.6 Å². The third-order valence-electron chi connectivity index (χ3n) is 4.26. The number of halogens is 2. The lowest BCUT2D eigenvalue weighted by Crippen LogP contribution is -2.28. The van der Waals surface area contributed by atoms with E-state index in [1.54, 1.807) is 0 Å². The van der Waals surface area contributed by atoms with Crippen LogP contribution in [0, 0.1) is 28.7 Å². The van der Waals surface area contributed by atoms with Crippen LogP contribution in [0.4, 0.5) is 19.3 Å². The Morgan fingerprint density at radius 1 is 1.50 bits per heavy atom. The number of carbonyl (C=O) groups is 1. The fourth-order valence-corrected chi connectivity index (χ4v) is 2.85. The van der Waals surface area contributed by atoms with E-state index in [0.717, 1.165) is 13.0 Å². The average Bonchev–Trinajstić information content (AvgIpc) is 3.26. The summed E-state index contributed by atoms with van der Waals surface area (Å²) in [5, 5.41) is 14.6. The number of rotatable bonds is 3. The van der Waals surface area contributed by atoms with Gasteiger partial charge in [-0.25, -0.2) is 9.18 Å². The Morgan fingerprint density at radius 2 is 2.23 bits per heavy atom. The second kappa shape index (κ2) is 6.65. The number of amides is 1. The maximum absolute atomic E-state index is 14.5. The van der Waals surface area contributed by atoms with Gasteiger partial charge >= 0.3 is 11.8 Å². The second-order valence-corrected chi connectivity index (χ2v) is 5.81. The van der Waals surface area contributed by atoms with E-state index < -0.39 is 39.5 Å². The van der Waals surface area contributed by atoms with Crippen molar-refractivity contribution in [1.29, 1.82) is 0 Å². The predicted molar refractivity (Wildman–Crippen MR) is 82.4 cm³/mol. The highest BCUT2D eigenvalue weighted by Crippen LogP contribution is 2.34. The molecule has 1 amide bonds. The second-order valence-electron chi connectivity index (χ2n) is 5.81. The first-order valence-corrected chi connectivity index (χ1v) is 7.63. The van der Waals surface area contributed by atoms with Gasteiger partial charge in [-0.1, -0.05) is 5.16 Å². The molecule has 11 heteroatoms. The molecular weight excluding hydrogens is 354 g/mol. The molecule has 138 valence electrons. The van der Waals surface area contributed by atoms with Crippen LogP contribution in [-0.2, 0) is 4.74 Å². The van der Waals surface area contributed by atoms with Crippen molar-refractivity contribution in [3.05, 3.63) is 39.3 Å². The van der Waals surface area contributed by atoms with E-state index in [1.807, 2.05) is 0 Å². The maximum atomic E-state index is 14.5. The number of carbonyl (C=O) groups excluding carboxylic acids is 1. The number of hydrogen-bond donors (Lipinski definition) is 0. The Balaban J connectivity index is 1.92.